The molecule has 0 saturated heterocycles. The maximum absolute atomic E-state index is 13.3. The van der Waals surface area contributed by atoms with E-state index in [0.717, 1.165) is 55.1 Å². The van der Waals surface area contributed by atoms with Gasteiger partial charge in [-0.15, -0.1) is 54.1 Å². The number of benzene rings is 4. The van der Waals surface area contributed by atoms with Crippen molar-refractivity contribution in [1.29, 1.82) is 0 Å². The van der Waals surface area contributed by atoms with Gasteiger partial charge in [-0.1, -0.05) is 67.0 Å². The first kappa shape index (κ1) is 31.2. The SMILES string of the molecule is CC(C)n1c(-c2[c-]ccc3c2oc2ncc(-c4ccc(F)cc4)cc23)nc2ccccc21.[2H]C([2H])([2H])c1nc(-c2[c-]cccc2)ccc1[Si](C)(C)C.[Ir]. The summed E-state index contributed by atoms with van der Waals surface area (Å²) in [5, 5.41) is 2.76. The number of pyridine rings is 2. The van der Waals surface area contributed by atoms with Gasteiger partial charge in [-0.05, 0) is 67.5 Å². The number of rotatable bonds is 5. The molecule has 0 aliphatic rings. The summed E-state index contributed by atoms with van der Waals surface area (Å²) in [6, 6.07) is 38.4. The summed E-state index contributed by atoms with van der Waals surface area (Å²) in [6.45, 7) is 8.51. The van der Waals surface area contributed by atoms with Crippen LogP contribution in [-0.2, 0) is 20.1 Å². The summed E-state index contributed by atoms with van der Waals surface area (Å²) in [7, 11) is -1.74. The molecule has 0 aliphatic heterocycles. The minimum Gasteiger partial charge on any atom is -0.486 e. The first-order valence-corrected chi connectivity index (χ1v) is 19.7. The van der Waals surface area contributed by atoms with E-state index in [1.54, 1.807) is 24.4 Å². The number of aryl methyl sites for hydroxylation is 1. The van der Waals surface area contributed by atoms with Gasteiger partial charge in [0.2, 0.25) is 5.71 Å². The number of hydrogen-bond acceptors (Lipinski definition) is 4. The number of nitrogens with zero attached hydrogens (tertiary/aromatic N) is 4. The molecule has 8 rings (SSSR count). The van der Waals surface area contributed by atoms with Gasteiger partial charge in [0.1, 0.15) is 5.82 Å². The summed E-state index contributed by atoms with van der Waals surface area (Å²) in [5.74, 6) is 0.564. The number of imidazole rings is 1. The Morgan fingerprint density at radius 2 is 1.62 bits per heavy atom. The van der Waals surface area contributed by atoms with E-state index in [9.17, 15) is 4.39 Å². The zero-order chi connectivity index (χ0) is 36.8. The summed E-state index contributed by atoms with van der Waals surface area (Å²) in [5.41, 5.74) is 7.63. The van der Waals surface area contributed by atoms with Gasteiger partial charge < -0.3 is 14.0 Å². The van der Waals surface area contributed by atoms with Crippen LogP contribution in [0.1, 0.15) is 29.7 Å². The third-order valence-corrected chi connectivity index (χ3v) is 10.5. The van der Waals surface area contributed by atoms with Crippen LogP contribution in [0.25, 0.3) is 66.9 Å². The third kappa shape index (κ3) is 6.84. The van der Waals surface area contributed by atoms with Crippen LogP contribution in [0.5, 0.6) is 0 Å². The van der Waals surface area contributed by atoms with Crippen LogP contribution in [0.4, 0.5) is 4.39 Å². The molecule has 253 valence electrons. The minimum atomic E-state index is -2.18. The Morgan fingerprint density at radius 1 is 0.840 bits per heavy atom. The fraction of sp³-hybridized carbons (Fsp3) is 0.167. The van der Waals surface area contributed by atoms with Crippen molar-refractivity contribution >= 4 is 46.4 Å². The predicted octanol–water partition coefficient (Wildman–Crippen LogP) is 10.6. The molecule has 0 saturated carbocycles. The van der Waals surface area contributed by atoms with Crippen LogP contribution >= 0.6 is 0 Å². The number of hydrogen-bond donors (Lipinski definition) is 0. The van der Waals surface area contributed by atoms with Crippen LogP contribution in [0, 0.1) is 24.8 Å². The molecular formula is C42H37FIrN4OSi-2. The van der Waals surface area contributed by atoms with E-state index in [4.69, 9.17) is 13.5 Å². The van der Waals surface area contributed by atoms with Crippen LogP contribution in [0.2, 0.25) is 19.6 Å². The van der Waals surface area contributed by atoms with E-state index in [-0.39, 0.29) is 37.7 Å². The van der Waals surface area contributed by atoms with Crippen molar-refractivity contribution in [2.24, 2.45) is 0 Å². The zero-order valence-corrected chi connectivity index (χ0v) is 31.8. The molecular weight excluding hydrogens is 816 g/mol. The number of aromatic nitrogens is 4. The number of furan rings is 1. The van der Waals surface area contributed by atoms with Crippen molar-refractivity contribution in [3.63, 3.8) is 0 Å². The molecule has 0 bridgehead atoms. The quantitative estimate of drug-likeness (QED) is 0.128. The van der Waals surface area contributed by atoms with Gasteiger partial charge in [-0.2, -0.15) is 0 Å². The first-order chi connectivity index (χ1) is 24.8. The standard InChI is InChI=1S/C27H19FN3O.C15H18NSi.Ir/c1-16(2)31-24-9-4-3-8-23(24)30-26(31)21-7-5-6-20-22-14-18(15-29-27(22)32-25(20)21)17-10-12-19(28)13-11-17;1-12-15(17(2,3)4)11-10-14(16-12)13-8-6-5-7-9-13;/h3-6,8-16H,1-2H3;5-8,10-11H,1-4H3;/q2*-1;/i;1D3;. The van der Waals surface area contributed by atoms with Crippen LogP contribution in [0.3, 0.4) is 0 Å². The molecule has 1 radical (unpaired) electrons. The monoisotopic (exact) mass is 856 g/mol. The maximum Gasteiger partial charge on any atom is 0.216 e. The minimum absolute atomic E-state index is 0. The fourth-order valence-corrected chi connectivity index (χ4v) is 7.45. The zero-order valence-electron chi connectivity index (χ0n) is 31.4. The largest absolute Gasteiger partial charge is 0.486 e. The number of halogens is 1. The van der Waals surface area contributed by atoms with Gasteiger partial charge >= 0.3 is 0 Å². The van der Waals surface area contributed by atoms with E-state index >= 15 is 0 Å². The fourth-order valence-electron chi connectivity index (χ4n) is 6.10. The van der Waals surface area contributed by atoms with Crippen molar-refractivity contribution in [2.45, 2.75) is 46.4 Å². The second kappa shape index (κ2) is 14.2. The van der Waals surface area contributed by atoms with Crippen LogP contribution in [0.15, 0.2) is 114 Å². The van der Waals surface area contributed by atoms with Crippen molar-refractivity contribution in [3.05, 3.63) is 133 Å². The van der Waals surface area contributed by atoms with E-state index in [0.29, 0.717) is 17.0 Å². The van der Waals surface area contributed by atoms with Crippen molar-refractivity contribution in [3.8, 4) is 33.8 Å². The van der Waals surface area contributed by atoms with Gasteiger partial charge in [0.05, 0.1) is 30.5 Å². The normalized spacial score (nSPS) is 12.7. The van der Waals surface area contributed by atoms with Crippen LogP contribution in [-0.4, -0.2) is 27.6 Å². The average molecular weight is 856 g/mol. The molecule has 4 heterocycles. The second-order valence-electron chi connectivity index (χ2n) is 13.3. The van der Waals surface area contributed by atoms with Gasteiger partial charge in [-0.3, -0.25) is 4.98 Å². The molecule has 50 heavy (non-hydrogen) atoms. The van der Waals surface area contributed by atoms with Crippen molar-refractivity contribution in [2.75, 3.05) is 0 Å². The van der Waals surface area contributed by atoms with Gasteiger partial charge in [0, 0.05) is 53.1 Å². The molecule has 0 unspecified atom stereocenters. The maximum atomic E-state index is 13.3. The summed E-state index contributed by atoms with van der Waals surface area (Å²) < 4.78 is 45.0. The predicted molar refractivity (Wildman–Crippen MR) is 201 cm³/mol. The topological polar surface area (TPSA) is 56.7 Å². The van der Waals surface area contributed by atoms with Gasteiger partial charge in [0.25, 0.3) is 0 Å². The Balaban J connectivity index is 0.000000199. The van der Waals surface area contributed by atoms with Crippen LogP contribution < -0.4 is 5.19 Å². The summed E-state index contributed by atoms with van der Waals surface area (Å²) in [4.78, 5) is 13.9. The molecule has 4 aromatic heterocycles. The Hall–Kier alpha value is -4.75. The molecule has 0 aliphatic carbocycles. The Kier molecular flexibility index (Phi) is 8.89. The molecule has 0 atom stereocenters. The van der Waals surface area contributed by atoms with E-state index in [1.807, 2.05) is 66.7 Å². The molecule has 8 heteroatoms. The average Bonchev–Trinajstić information content (AvgIpc) is 3.70. The van der Waals surface area contributed by atoms with Crippen molar-refractivity contribution < 1.29 is 33.0 Å². The number of fused-ring (bicyclic) bond motifs is 4. The third-order valence-electron chi connectivity index (χ3n) is 8.49. The smallest absolute Gasteiger partial charge is 0.216 e. The van der Waals surface area contributed by atoms with E-state index < -0.39 is 14.9 Å². The van der Waals surface area contributed by atoms with Gasteiger partial charge in [0.15, 0.2) is 0 Å². The molecule has 8 aromatic rings. The molecule has 0 fully saturated rings. The summed E-state index contributed by atoms with van der Waals surface area (Å²) in [6.07, 6.45) is 1.75. The molecule has 0 amide bonds. The van der Waals surface area contributed by atoms with Crippen molar-refractivity contribution in [1.82, 2.24) is 19.5 Å². The first-order valence-electron chi connectivity index (χ1n) is 17.7. The second-order valence-corrected chi connectivity index (χ2v) is 18.3. The number of para-hydroxylation sites is 2. The Morgan fingerprint density at radius 3 is 2.34 bits per heavy atom. The molecule has 0 N–H and O–H groups in total. The van der Waals surface area contributed by atoms with E-state index in [1.165, 1.54) is 12.1 Å². The molecule has 5 nitrogen and oxygen atoms in total. The van der Waals surface area contributed by atoms with Gasteiger partial charge in [-0.25, -0.2) is 9.37 Å². The van der Waals surface area contributed by atoms with E-state index in [2.05, 4.69) is 66.2 Å². The Labute approximate surface area is 310 Å². The Bertz CT molecular complexity index is 2540. The summed E-state index contributed by atoms with van der Waals surface area (Å²) >= 11 is 0. The molecule has 0 spiro atoms. The molecule has 4 aromatic carbocycles.